The first-order valence-corrected chi connectivity index (χ1v) is 9.43. The topological polar surface area (TPSA) is 54.9 Å². The van der Waals surface area contributed by atoms with Crippen molar-refractivity contribution in [3.63, 3.8) is 0 Å². The van der Waals surface area contributed by atoms with Crippen molar-refractivity contribution in [2.75, 3.05) is 26.2 Å². The SMILES string of the molecule is C[C@@H]1CN(C(=O)OC(C)(C)C)C[C@H](C)N1CCOc1cc(Br)ccn1. The number of rotatable bonds is 4. The van der Waals surface area contributed by atoms with Gasteiger partial charge in [-0.05, 0) is 40.7 Å². The van der Waals surface area contributed by atoms with Crippen LogP contribution in [0.1, 0.15) is 34.6 Å². The molecule has 1 fully saturated rings. The number of halogens is 1. The first kappa shape index (κ1) is 20.0. The smallest absolute Gasteiger partial charge is 0.410 e. The lowest BCUT2D eigenvalue weighted by Crippen LogP contribution is -2.59. The molecule has 1 aliphatic rings. The van der Waals surface area contributed by atoms with Gasteiger partial charge in [0.15, 0.2) is 0 Å². The number of nitrogens with zero attached hydrogens (tertiary/aromatic N) is 3. The number of amides is 1. The van der Waals surface area contributed by atoms with Crippen LogP contribution in [0.5, 0.6) is 5.88 Å². The number of piperazine rings is 1. The van der Waals surface area contributed by atoms with E-state index in [1.54, 1.807) is 11.1 Å². The van der Waals surface area contributed by atoms with Gasteiger partial charge in [0.25, 0.3) is 0 Å². The minimum Gasteiger partial charge on any atom is -0.476 e. The van der Waals surface area contributed by atoms with Crippen molar-refractivity contribution < 1.29 is 14.3 Å². The lowest BCUT2D eigenvalue weighted by molar-refractivity contribution is -0.0101. The van der Waals surface area contributed by atoms with E-state index in [0.29, 0.717) is 25.6 Å². The van der Waals surface area contributed by atoms with Crippen molar-refractivity contribution in [1.82, 2.24) is 14.8 Å². The summed E-state index contributed by atoms with van der Waals surface area (Å²) in [5.41, 5.74) is -0.467. The Kier molecular flexibility index (Phi) is 6.68. The molecule has 1 aromatic heterocycles. The fourth-order valence-corrected chi connectivity index (χ4v) is 3.31. The predicted octanol–water partition coefficient (Wildman–Crippen LogP) is 3.55. The minimum atomic E-state index is -0.467. The maximum atomic E-state index is 12.3. The molecular weight excluding hydrogens is 386 g/mol. The first-order valence-electron chi connectivity index (χ1n) is 8.64. The van der Waals surface area contributed by atoms with Crippen LogP contribution in [0.3, 0.4) is 0 Å². The van der Waals surface area contributed by atoms with Crippen LogP contribution in [-0.2, 0) is 4.74 Å². The highest BCUT2D eigenvalue weighted by Gasteiger charge is 2.33. The second-order valence-corrected chi connectivity index (χ2v) is 8.40. The van der Waals surface area contributed by atoms with Gasteiger partial charge in [0.2, 0.25) is 5.88 Å². The molecule has 0 aliphatic carbocycles. The molecule has 6 nitrogen and oxygen atoms in total. The van der Waals surface area contributed by atoms with Gasteiger partial charge >= 0.3 is 6.09 Å². The van der Waals surface area contributed by atoms with Crippen LogP contribution in [0, 0.1) is 0 Å². The third kappa shape index (κ3) is 6.15. The summed E-state index contributed by atoms with van der Waals surface area (Å²) in [6.45, 7) is 12.6. The van der Waals surface area contributed by atoms with E-state index in [9.17, 15) is 4.79 Å². The zero-order valence-electron chi connectivity index (χ0n) is 15.7. The summed E-state index contributed by atoms with van der Waals surface area (Å²) in [5.74, 6) is 0.613. The Bertz CT molecular complexity index is 579. The Labute approximate surface area is 158 Å². The monoisotopic (exact) mass is 413 g/mol. The van der Waals surface area contributed by atoms with Gasteiger partial charge in [-0.25, -0.2) is 9.78 Å². The largest absolute Gasteiger partial charge is 0.476 e. The molecular formula is C18H28BrN3O3. The maximum Gasteiger partial charge on any atom is 0.410 e. The molecule has 1 aromatic rings. The summed E-state index contributed by atoms with van der Waals surface area (Å²) in [4.78, 5) is 20.6. The zero-order valence-corrected chi connectivity index (χ0v) is 17.2. The Balaban J connectivity index is 1.84. The molecule has 0 aromatic carbocycles. The molecule has 1 amide bonds. The molecule has 0 bridgehead atoms. The highest BCUT2D eigenvalue weighted by molar-refractivity contribution is 9.10. The van der Waals surface area contributed by atoms with Gasteiger partial charge in [0, 0.05) is 48.5 Å². The second-order valence-electron chi connectivity index (χ2n) is 7.48. The first-order chi connectivity index (χ1) is 11.7. The molecule has 140 valence electrons. The molecule has 0 spiro atoms. The van der Waals surface area contributed by atoms with Crippen molar-refractivity contribution in [3.8, 4) is 5.88 Å². The number of carbonyl (C=O) groups excluding carboxylic acids is 1. The normalized spacial score (nSPS) is 21.9. The molecule has 1 saturated heterocycles. The van der Waals surface area contributed by atoms with Gasteiger partial charge < -0.3 is 14.4 Å². The van der Waals surface area contributed by atoms with Gasteiger partial charge in [-0.15, -0.1) is 0 Å². The molecule has 2 heterocycles. The summed E-state index contributed by atoms with van der Waals surface area (Å²) >= 11 is 3.41. The highest BCUT2D eigenvalue weighted by Crippen LogP contribution is 2.19. The van der Waals surface area contributed by atoms with Crippen LogP contribution >= 0.6 is 15.9 Å². The molecule has 0 saturated carbocycles. The maximum absolute atomic E-state index is 12.3. The average molecular weight is 414 g/mol. The molecule has 2 rings (SSSR count). The Morgan fingerprint density at radius 1 is 1.32 bits per heavy atom. The van der Waals surface area contributed by atoms with Gasteiger partial charge in [-0.3, -0.25) is 4.90 Å². The van der Waals surface area contributed by atoms with E-state index in [2.05, 4.69) is 39.7 Å². The van der Waals surface area contributed by atoms with Gasteiger partial charge in [0.05, 0.1) is 0 Å². The second kappa shape index (κ2) is 8.36. The lowest BCUT2D eigenvalue weighted by atomic mass is 10.1. The molecule has 7 heteroatoms. The summed E-state index contributed by atoms with van der Waals surface area (Å²) < 4.78 is 12.2. The standard InChI is InChI=1S/C18H28BrN3O3/c1-13-11-21(17(23)25-18(3,4)5)12-14(2)22(13)8-9-24-16-10-15(19)6-7-20-16/h6-7,10,13-14H,8-9,11-12H2,1-5H3/t13-,14+. The Hall–Kier alpha value is -1.34. The Morgan fingerprint density at radius 3 is 2.52 bits per heavy atom. The number of ether oxygens (including phenoxy) is 2. The third-order valence-corrected chi connectivity index (χ3v) is 4.54. The number of carbonyl (C=O) groups is 1. The lowest BCUT2D eigenvalue weighted by Gasteiger charge is -2.44. The van der Waals surface area contributed by atoms with Crippen molar-refractivity contribution >= 4 is 22.0 Å². The number of hydrogen-bond acceptors (Lipinski definition) is 5. The van der Waals surface area contributed by atoms with Crippen molar-refractivity contribution in [3.05, 3.63) is 22.8 Å². The van der Waals surface area contributed by atoms with Crippen molar-refractivity contribution in [2.24, 2.45) is 0 Å². The minimum absolute atomic E-state index is 0.236. The van der Waals surface area contributed by atoms with E-state index in [1.807, 2.05) is 32.9 Å². The fraction of sp³-hybridized carbons (Fsp3) is 0.667. The molecule has 0 unspecified atom stereocenters. The highest BCUT2D eigenvalue weighted by atomic mass is 79.9. The van der Waals surface area contributed by atoms with E-state index in [4.69, 9.17) is 9.47 Å². The van der Waals surface area contributed by atoms with E-state index >= 15 is 0 Å². The number of aromatic nitrogens is 1. The Morgan fingerprint density at radius 2 is 1.96 bits per heavy atom. The zero-order chi connectivity index (χ0) is 18.6. The van der Waals surface area contributed by atoms with Crippen LogP contribution in [-0.4, -0.2) is 64.8 Å². The van der Waals surface area contributed by atoms with Crippen molar-refractivity contribution in [2.45, 2.75) is 52.3 Å². The van der Waals surface area contributed by atoms with E-state index in [0.717, 1.165) is 11.0 Å². The summed E-state index contributed by atoms with van der Waals surface area (Å²) in [6.07, 6.45) is 1.48. The fourth-order valence-electron chi connectivity index (χ4n) is 2.99. The van der Waals surface area contributed by atoms with Gasteiger partial charge in [-0.1, -0.05) is 15.9 Å². The summed E-state index contributed by atoms with van der Waals surface area (Å²) in [7, 11) is 0. The van der Waals surface area contributed by atoms with Crippen molar-refractivity contribution in [1.29, 1.82) is 0 Å². The predicted molar refractivity (Wildman–Crippen MR) is 101 cm³/mol. The summed E-state index contributed by atoms with van der Waals surface area (Å²) in [6, 6.07) is 4.21. The van der Waals surface area contributed by atoms with Crippen LogP contribution in [0.2, 0.25) is 0 Å². The number of pyridine rings is 1. The van der Waals surface area contributed by atoms with Crippen LogP contribution in [0.25, 0.3) is 0 Å². The quantitative estimate of drug-likeness (QED) is 0.754. The van der Waals surface area contributed by atoms with Crippen LogP contribution in [0.4, 0.5) is 4.79 Å². The van der Waals surface area contributed by atoms with Gasteiger partial charge in [0.1, 0.15) is 12.2 Å². The van der Waals surface area contributed by atoms with Crippen LogP contribution in [0.15, 0.2) is 22.8 Å². The summed E-state index contributed by atoms with van der Waals surface area (Å²) in [5, 5.41) is 0. The van der Waals surface area contributed by atoms with Crippen LogP contribution < -0.4 is 4.74 Å². The average Bonchev–Trinajstić information content (AvgIpc) is 2.48. The molecule has 1 aliphatic heterocycles. The molecule has 0 radical (unpaired) electrons. The number of hydrogen-bond donors (Lipinski definition) is 0. The third-order valence-electron chi connectivity index (χ3n) is 4.05. The molecule has 0 N–H and O–H groups in total. The van der Waals surface area contributed by atoms with Gasteiger partial charge in [-0.2, -0.15) is 0 Å². The molecule has 25 heavy (non-hydrogen) atoms. The van der Waals surface area contributed by atoms with E-state index in [-0.39, 0.29) is 18.2 Å². The molecule has 2 atom stereocenters. The van der Waals surface area contributed by atoms with E-state index in [1.165, 1.54) is 0 Å². The van der Waals surface area contributed by atoms with E-state index < -0.39 is 5.60 Å².